The van der Waals surface area contributed by atoms with Crippen LogP contribution in [0.5, 0.6) is 0 Å². The molecule has 0 aliphatic rings. The molecule has 5 N–H and O–H groups in total. The number of hydrogen-bond acceptors (Lipinski definition) is 15. The molecule has 3 heterocycles. The number of benzene rings is 6. The average Bonchev–Trinajstić information content (AvgIpc) is 3.57. The van der Waals surface area contributed by atoms with Gasteiger partial charge < -0.3 is 25.1 Å². The van der Waals surface area contributed by atoms with Crippen molar-refractivity contribution in [2.75, 3.05) is 0 Å². The second-order valence-electron chi connectivity index (χ2n) is 19.1. The third-order valence-electron chi connectivity index (χ3n) is 12.7. The molecule has 3 aromatic heterocycles. The van der Waals surface area contributed by atoms with Crippen molar-refractivity contribution in [3.8, 4) is 0 Å². The number of hydrogen-bond donors (Lipinski definition) is 5. The van der Waals surface area contributed by atoms with E-state index >= 15 is 0 Å². The molecular formula is C62H56B3F3N4O8S3. The monoisotopic (exact) mass is 1170 g/mol. The Balaban J connectivity index is 0.000000179. The van der Waals surface area contributed by atoms with Crippen molar-refractivity contribution >= 4 is 90.2 Å². The number of carbonyl (C=O) groups is 3. The van der Waals surface area contributed by atoms with Crippen LogP contribution in [0.25, 0.3) is 0 Å². The first-order valence-corrected chi connectivity index (χ1v) is 29.0. The van der Waals surface area contributed by atoms with Crippen LogP contribution in [0.1, 0.15) is 75.6 Å². The number of rotatable bonds is 21. The number of carbonyl (C=O) groups excluding carboxylic acids is 3. The number of thioether (sulfide) groups is 3. The summed E-state index contributed by atoms with van der Waals surface area (Å²) in [6.45, 7) is 5.17. The first-order valence-electron chi connectivity index (χ1n) is 26.0. The molecule has 83 heavy (non-hydrogen) atoms. The van der Waals surface area contributed by atoms with Crippen LogP contribution < -0.4 is 16.4 Å². The zero-order chi connectivity index (χ0) is 59.4. The summed E-state index contributed by atoms with van der Waals surface area (Å²) < 4.78 is 38.8. The van der Waals surface area contributed by atoms with Crippen molar-refractivity contribution in [2.45, 2.75) is 72.4 Å². The van der Waals surface area contributed by atoms with Crippen LogP contribution in [0.4, 0.5) is 13.2 Å². The van der Waals surface area contributed by atoms with Gasteiger partial charge in [-0.15, -0.1) is 23.5 Å². The summed E-state index contributed by atoms with van der Waals surface area (Å²) in [5, 5.41) is 49.8. The third-order valence-corrected chi connectivity index (χ3v) is 15.6. The highest BCUT2D eigenvalue weighted by Crippen LogP contribution is 2.24. The van der Waals surface area contributed by atoms with Gasteiger partial charge in [0.25, 0.3) is 0 Å². The Morgan fingerprint density at radius 1 is 0.422 bits per heavy atom. The smallest absolute Gasteiger partial charge is 0.446 e. The van der Waals surface area contributed by atoms with Crippen LogP contribution in [-0.4, -0.2) is 83.6 Å². The highest BCUT2D eigenvalue weighted by molar-refractivity contribution is 7.98. The molecule has 0 spiro atoms. The summed E-state index contributed by atoms with van der Waals surface area (Å²) in [5.41, 5.74) is 10.4. The quantitative estimate of drug-likeness (QED) is 0.0197. The molecule has 0 radical (unpaired) electrons. The second-order valence-corrected chi connectivity index (χ2v) is 22.0. The van der Waals surface area contributed by atoms with Crippen LogP contribution in [0.2, 0.25) is 6.82 Å². The van der Waals surface area contributed by atoms with Gasteiger partial charge in [-0.1, -0.05) is 127 Å². The summed E-state index contributed by atoms with van der Waals surface area (Å²) in [6, 6.07) is 43.1. The number of aryl methyl sites for hydroxylation is 2. The van der Waals surface area contributed by atoms with E-state index in [0.29, 0.717) is 50.0 Å². The van der Waals surface area contributed by atoms with E-state index in [9.17, 15) is 52.7 Å². The molecule has 0 fully saturated rings. The zero-order valence-electron chi connectivity index (χ0n) is 45.4. The first kappa shape index (κ1) is 63.1. The number of aromatic nitrogens is 4. The van der Waals surface area contributed by atoms with Crippen LogP contribution in [-0.2, 0) is 36.5 Å². The fraction of sp³-hybridized carbons (Fsp3) is 0.145. The van der Waals surface area contributed by atoms with Gasteiger partial charge in [0.15, 0.2) is 22.5 Å². The lowest BCUT2D eigenvalue weighted by Gasteiger charge is -2.10. The predicted octanol–water partition coefficient (Wildman–Crippen LogP) is 9.01. The fourth-order valence-electron chi connectivity index (χ4n) is 8.21. The Bertz CT molecular complexity index is 3440. The van der Waals surface area contributed by atoms with Crippen LogP contribution in [0.15, 0.2) is 198 Å². The minimum Gasteiger partial charge on any atom is -0.446 e. The maximum absolute atomic E-state index is 13.0. The van der Waals surface area contributed by atoms with Gasteiger partial charge in [0, 0.05) is 72.4 Å². The molecule has 9 aromatic rings. The summed E-state index contributed by atoms with van der Waals surface area (Å²) in [5.74, 6) is 0.430. The first-order chi connectivity index (χ1) is 39.9. The molecule has 0 bridgehead atoms. The standard InChI is InChI=1S/C21H20BFN2O2S.C21H19BFNO3S.C20H17BFNO3S/c1-14-3-8-19(22(2)27)16(9-14)13-28-21-24-11-17(12-25-21)20(26)10-15-4-6-18(23)7-5-15;1-14-2-8-19(22(26)27)17(10-14)13-28-21-9-5-16(12-24-21)20(25)11-15-3-6-18(23)7-4-15;22-17-8-5-14(6-9-17)11-19(24)15-7-10-20(23-12-15)27-13-16-3-1-2-4-18(16)21(25)26/h3-9,11-12,27H,10,13H2,1-2H3;2-10,12,26-27H,11,13H2,1H3;1-10,12,25-26H,11,13H2. The topological polar surface area (TPSA) is 204 Å². The highest BCUT2D eigenvalue weighted by atomic mass is 32.2. The third kappa shape index (κ3) is 19.9. The summed E-state index contributed by atoms with van der Waals surface area (Å²) in [7, 11) is -3.03. The van der Waals surface area contributed by atoms with E-state index in [1.54, 1.807) is 85.7 Å². The molecule has 0 amide bonds. The van der Waals surface area contributed by atoms with Crippen molar-refractivity contribution < 1.29 is 52.7 Å². The molecule has 9 rings (SSSR count). The fourth-order valence-corrected chi connectivity index (χ4v) is 10.7. The summed E-state index contributed by atoms with van der Waals surface area (Å²) in [4.78, 5) is 54.2. The normalized spacial score (nSPS) is 10.7. The SMILES string of the molecule is CB(O)c1ccc(C)cc1CSc1ncc(C(=O)Cc2ccc(F)cc2)cn1.Cc1ccc(B(O)O)c(CSc2ccc(C(=O)Cc3ccc(F)cc3)cn2)c1.O=C(Cc1ccc(F)cc1)c1ccc(SCc2ccccc2B(O)O)nc1. The second kappa shape index (κ2) is 31.3. The van der Waals surface area contributed by atoms with Crippen molar-refractivity contribution in [1.29, 1.82) is 0 Å². The molecule has 0 aliphatic carbocycles. The number of nitrogens with zero attached hydrogens (tertiary/aromatic N) is 4. The van der Waals surface area contributed by atoms with Gasteiger partial charge in [0.1, 0.15) is 17.5 Å². The molecule has 6 aromatic carbocycles. The number of Topliss-reactive ketones (excluding diaryl/α,β-unsaturated/α-hetero) is 3. The molecule has 21 heteroatoms. The van der Waals surface area contributed by atoms with Gasteiger partial charge in [-0.05, 0) is 124 Å². The lowest BCUT2D eigenvalue weighted by Crippen LogP contribution is -2.32. The van der Waals surface area contributed by atoms with E-state index in [-0.39, 0.29) is 54.1 Å². The maximum atomic E-state index is 13.0. The van der Waals surface area contributed by atoms with Crippen LogP contribution in [0, 0.1) is 31.3 Å². The molecule has 0 saturated carbocycles. The number of pyridine rings is 2. The van der Waals surface area contributed by atoms with Gasteiger partial charge in [-0.3, -0.25) is 14.4 Å². The van der Waals surface area contributed by atoms with Crippen molar-refractivity contribution in [3.05, 3.63) is 261 Å². The predicted molar refractivity (Wildman–Crippen MR) is 324 cm³/mol. The van der Waals surface area contributed by atoms with E-state index in [1.807, 2.05) is 50.2 Å². The lowest BCUT2D eigenvalue weighted by molar-refractivity contribution is 0.0984. The van der Waals surface area contributed by atoms with Gasteiger partial charge in [-0.2, -0.15) is 0 Å². The molecular weight excluding hydrogens is 1110 g/mol. The molecule has 0 unspecified atom stereocenters. The van der Waals surface area contributed by atoms with E-state index in [1.165, 1.54) is 96.5 Å². The van der Waals surface area contributed by atoms with Crippen LogP contribution in [0.3, 0.4) is 0 Å². The van der Waals surface area contributed by atoms with E-state index in [0.717, 1.165) is 60.0 Å². The zero-order valence-corrected chi connectivity index (χ0v) is 47.9. The molecule has 420 valence electrons. The number of ketones is 3. The maximum Gasteiger partial charge on any atom is 0.488 e. The van der Waals surface area contributed by atoms with Crippen LogP contribution >= 0.6 is 35.3 Å². The minimum atomic E-state index is -1.52. The molecule has 0 aliphatic heterocycles. The van der Waals surface area contributed by atoms with E-state index < -0.39 is 21.2 Å². The Kier molecular flexibility index (Phi) is 23.8. The van der Waals surface area contributed by atoms with Gasteiger partial charge in [-0.25, -0.2) is 33.1 Å². The number of halogens is 3. The minimum absolute atomic E-state index is 0.0833. The van der Waals surface area contributed by atoms with E-state index in [2.05, 4.69) is 26.0 Å². The summed E-state index contributed by atoms with van der Waals surface area (Å²) >= 11 is 4.35. The summed E-state index contributed by atoms with van der Waals surface area (Å²) in [6.07, 6.45) is 6.66. The largest absolute Gasteiger partial charge is 0.488 e. The van der Waals surface area contributed by atoms with Gasteiger partial charge in [0.05, 0.1) is 15.6 Å². The molecule has 0 saturated heterocycles. The lowest BCUT2D eigenvalue weighted by atomic mass is 9.62. The molecule has 12 nitrogen and oxygen atoms in total. The Morgan fingerprint density at radius 2 is 0.795 bits per heavy atom. The van der Waals surface area contributed by atoms with Gasteiger partial charge >= 0.3 is 21.2 Å². The average molecular weight is 1170 g/mol. The van der Waals surface area contributed by atoms with Crippen molar-refractivity contribution in [2.24, 2.45) is 0 Å². The Labute approximate surface area is 493 Å². The Hall–Kier alpha value is -7.46. The molecule has 0 atom stereocenters. The Morgan fingerprint density at radius 3 is 1.22 bits per heavy atom. The van der Waals surface area contributed by atoms with Gasteiger partial charge in [0.2, 0.25) is 0 Å². The van der Waals surface area contributed by atoms with Crippen molar-refractivity contribution in [1.82, 2.24) is 19.9 Å². The van der Waals surface area contributed by atoms with E-state index in [4.69, 9.17) is 0 Å². The highest BCUT2D eigenvalue weighted by Gasteiger charge is 2.19. The van der Waals surface area contributed by atoms with Crippen molar-refractivity contribution in [3.63, 3.8) is 0 Å².